The molecule has 0 saturated heterocycles. The Kier molecular flexibility index (Phi) is 7.36. The number of nitrogens with one attached hydrogen (secondary N) is 1. The van der Waals surface area contributed by atoms with Crippen molar-refractivity contribution in [3.05, 3.63) is 65.7 Å². The number of hydrogen-bond acceptors (Lipinski definition) is 3. The van der Waals surface area contributed by atoms with E-state index in [1.165, 1.54) is 12.1 Å². The van der Waals surface area contributed by atoms with Crippen LogP contribution >= 0.6 is 0 Å². The van der Waals surface area contributed by atoms with Gasteiger partial charge in [-0.3, -0.25) is 4.79 Å². The van der Waals surface area contributed by atoms with Gasteiger partial charge in [-0.2, -0.15) is 0 Å². The van der Waals surface area contributed by atoms with E-state index in [0.717, 1.165) is 18.4 Å². The number of hydrogen-bond donors (Lipinski definition) is 1. The summed E-state index contributed by atoms with van der Waals surface area (Å²) in [6, 6.07) is 15.5. The lowest BCUT2D eigenvalue weighted by Crippen LogP contribution is -2.32. The lowest BCUT2D eigenvalue weighted by Gasteiger charge is -2.21. The van der Waals surface area contributed by atoms with Crippen molar-refractivity contribution in [1.82, 2.24) is 9.62 Å². The molecule has 0 saturated carbocycles. The summed E-state index contributed by atoms with van der Waals surface area (Å²) in [6.45, 7) is 5.69. The SMILES string of the molecule is CCCN(CCC)C(=O)c1ccc(S(=O)(=O)NCc2ccccc2)cc1. The molecule has 2 aromatic rings. The standard InChI is InChI=1S/C20H26N2O3S/c1-3-14-22(15-4-2)20(23)18-10-12-19(13-11-18)26(24,25)21-16-17-8-6-5-7-9-17/h5-13,21H,3-4,14-16H2,1-2H3. The number of amides is 1. The van der Waals surface area contributed by atoms with Crippen molar-refractivity contribution in [1.29, 1.82) is 0 Å². The average Bonchev–Trinajstić information content (AvgIpc) is 2.67. The number of benzene rings is 2. The zero-order valence-electron chi connectivity index (χ0n) is 15.3. The van der Waals surface area contributed by atoms with Crippen LogP contribution in [-0.2, 0) is 16.6 Å². The summed E-state index contributed by atoms with van der Waals surface area (Å²) in [7, 11) is -3.62. The van der Waals surface area contributed by atoms with E-state index in [2.05, 4.69) is 4.72 Å². The Bertz CT molecular complexity index is 797. The Morgan fingerprint density at radius 1 is 0.923 bits per heavy atom. The van der Waals surface area contributed by atoms with E-state index in [4.69, 9.17) is 0 Å². The van der Waals surface area contributed by atoms with Crippen LogP contribution in [0.5, 0.6) is 0 Å². The summed E-state index contributed by atoms with van der Waals surface area (Å²) in [5, 5.41) is 0. The summed E-state index contributed by atoms with van der Waals surface area (Å²) >= 11 is 0. The molecule has 0 aliphatic rings. The maximum atomic E-state index is 12.6. The van der Waals surface area contributed by atoms with Crippen LogP contribution in [-0.4, -0.2) is 32.3 Å². The summed E-state index contributed by atoms with van der Waals surface area (Å²) in [5.41, 5.74) is 1.39. The van der Waals surface area contributed by atoms with Crippen LogP contribution < -0.4 is 4.72 Å². The zero-order chi connectivity index (χ0) is 19.0. The van der Waals surface area contributed by atoms with E-state index in [0.29, 0.717) is 18.7 Å². The second kappa shape index (κ2) is 9.50. The predicted octanol–water partition coefficient (Wildman–Crippen LogP) is 3.43. The van der Waals surface area contributed by atoms with Gasteiger partial charge < -0.3 is 4.90 Å². The number of rotatable bonds is 9. The minimum Gasteiger partial charge on any atom is -0.339 e. The normalized spacial score (nSPS) is 11.3. The molecule has 0 aliphatic heterocycles. The van der Waals surface area contributed by atoms with E-state index in [9.17, 15) is 13.2 Å². The molecule has 0 bridgehead atoms. The van der Waals surface area contributed by atoms with Crippen molar-refractivity contribution in [2.45, 2.75) is 38.1 Å². The van der Waals surface area contributed by atoms with Crippen LogP contribution in [0.1, 0.15) is 42.6 Å². The topological polar surface area (TPSA) is 66.5 Å². The Hall–Kier alpha value is -2.18. The van der Waals surface area contributed by atoms with Crippen LogP contribution in [0.2, 0.25) is 0 Å². The number of carbonyl (C=O) groups is 1. The molecular weight excluding hydrogens is 348 g/mol. The molecule has 26 heavy (non-hydrogen) atoms. The summed E-state index contributed by atoms with van der Waals surface area (Å²) in [4.78, 5) is 14.5. The van der Waals surface area contributed by atoms with Crippen LogP contribution in [0, 0.1) is 0 Å². The Morgan fingerprint density at radius 3 is 2.04 bits per heavy atom. The van der Waals surface area contributed by atoms with Gasteiger partial charge >= 0.3 is 0 Å². The largest absolute Gasteiger partial charge is 0.339 e. The lowest BCUT2D eigenvalue weighted by atomic mass is 10.2. The van der Waals surface area contributed by atoms with Gasteiger partial charge in [0.15, 0.2) is 0 Å². The van der Waals surface area contributed by atoms with Gasteiger partial charge in [0.05, 0.1) is 4.90 Å². The molecule has 5 nitrogen and oxygen atoms in total. The molecule has 0 radical (unpaired) electrons. The van der Waals surface area contributed by atoms with Gasteiger partial charge in [0.25, 0.3) is 5.91 Å². The fraction of sp³-hybridized carbons (Fsp3) is 0.350. The molecule has 2 aromatic carbocycles. The third-order valence-electron chi connectivity index (χ3n) is 3.99. The molecule has 1 N–H and O–H groups in total. The van der Waals surface area contributed by atoms with Crippen molar-refractivity contribution in [2.24, 2.45) is 0 Å². The predicted molar refractivity (Wildman–Crippen MR) is 103 cm³/mol. The number of sulfonamides is 1. The van der Waals surface area contributed by atoms with Gasteiger partial charge in [-0.25, -0.2) is 13.1 Å². The van der Waals surface area contributed by atoms with E-state index in [1.807, 2.05) is 44.2 Å². The van der Waals surface area contributed by atoms with Gasteiger partial charge in [-0.05, 0) is 42.7 Å². The van der Waals surface area contributed by atoms with E-state index < -0.39 is 10.0 Å². The van der Waals surface area contributed by atoms with Crippen molar-refractivity contribution in [2.75, 3.05) is 13.1 Å². The first-order valence-corrected chi connectivity index (χ1v) is 10.4. The average molecular weight is 375 g/mol. The molecule has 0 fully saturated rings. The first-order valence-electron chi connectivity index (χ1n) is 8.91. The monoisotopic (exact) mass is 374 g/mol. The molecule has 2 rings (SSSR count). The summed E-state index contributed by atoms with van der Waals surface area (Å²) < 4.78 is 27.4. The van der Waals surface area contributed by atoms with Crippen molar-refractivity contribution in [3.63, 3.8) is 0 Å². The Labute approximate surface area is 156 Å². The minimum atomic E-state index is -3.62. The molecule has 0 spiro atoms. The molecule has 0 aliphatic carbocycles. The second-order valence-corrected chi connectivity index (χ2v) is 7.89. The first-order chi connectivity index (χ1) is 12.5. The Morgan fingerprint density at radius 2 is 1.50 bits per heavy atom. The van der Waals surface area contributed by atoms with Gasteiger partial charge in [0.1, 0.15) is 0 Å². The van der Waals surface area contributed by atoms with Crippen LogP contribution in [0.25, 0.3) is 0 Å². The quantitative estimate of drug-likeness (QED) is 0.731. The van der Waals surface area contributed by atoms with Crippen LogP contribution in [0.3, 0.4) is 0 Å². The molecule has 0 atom stereocenters. The molecule has 140 valence electrons. The van der Waals surface area contributed by atoms with Gasteiger partial charge in [-0.15, -0.1) is 0 Å². The Balaban J connectivity index is 2.08. The van der Waals surface area contributed by atoms with Crippen LogP contribution in [0.4, 0.5) is 0 Å². The fourth-order valence-electron chi connectivity index (χ4n) is 2.67. The number of carbonyl (C=O) groups excluding carboxylic acids is 1. The minimum absolute atomic E-state index is 0.0603. The first kappa shape index (κ1) is 20.1. The van der Waals surface area contributed by atoms with E-state index in [-0.39, 0.29) is 17.3 Å². The smallest absolute Gasteiger partial charge is 0.253 e. The highest BCUT2D eigenvalue weighted by molar-refractivity contribution is 7.89. The fourth-order valence-corrected chi connectivity index (χ4v) is 3.69. The second-order valence-electron chi connectivity index (χ2n) is 6.13. The zero-order valence-corrected chi connectivity index (χ0v) is 16.1. The molecule has 0 heterocycles. The summed E-state index contributed by atoms with van der Waals surface area (Å²) in [5.74, 6) is -0.0603. The van der Waals surface area contributed by atoms with E-state index >= 15 is 0 Å². The third kappa shape index (κ3) is 5.41. The van der Waals surface area contributed by atoms with Gasteiger partial charge in [0.2, 0.25) is 10.0 Å². The number of nitrogens with zero attached hydrogens (tertiary/aromatic N) is 1. The molecule has 6 heteroatoms. The van der Waals surface area contributed by atoms with Crippen molar-refractivity contribution < 1.29 is 13.2 Å². The van der Waals surface area contributed by atoms with Crippen molar-refractivity contribution in [3.8, 4) is 0 Å². The molecule has 1 amide bonds. The maximum absolute atomic E-state index is 12.6. The highest BCUT2D eigenvalue weighted by Gasteiger charge is 2.17. The van der Waals surface area contributed by atoms with Crippen LogP contribution in [0.15, 0.2) is 59.5 Å². The van der Waals surface area contributed by atoms with Gasteiger partial charge in [0, 0.05) is 25.2 Å². The molecule has 0 unspecified atom stereocenters. The van der Waals surface area contributed by atoms with E-state index in [1.54, 1.807) is 17.0 Å². The highest BCUT2D eigenvalue weighted by atomic mass is 32.2. The summed E-state index contributed by atoms with van der Waals surface area (Å²) in [6.07, 6.45) is 1.78. The van der Waals surface area contributed by atoms with Crippen molar-refractivity contribution >= 4 is 15.9 Å². The lowest BCUT2D eigenvalue weighted by molar-refractivity contribution is 0.0755. The third-order valence-corrected chi connectivity index (χ3v) is 5.41. The molecular formula is C20H26N2O3S. The maximum Gasteiger partial charge on any atom is 0.253 e. The van der Waals surface area contributed by atoms with Gasteiger partial charge in [-0.1, -0.05) is 44.2 Å². The highest BCUT2D eigenvalue weighted by Crippen LogP contribution is 2.13. The molecule has 0 aromatic heterocycles.